The van der Waals surface area contributed by atoms with E-state index in [9.17, 15) is 14.4 Å². The highest BCUT2D eigenvalue weighted by Gasteiger charge is 2.19. The smallest absolute Gasteiger partial charge is 0.306 e. The van der Waals surface area contributed by atoms with E-state index in [1.54, 1.807) is 0 Å². The minimum absolute atomic E-state index is 0.0926. The molecule has 0 bridgehead atoms. The SMILES string of the molecule is CC/C=C\C/C=C\C/C=C\C/C=C\C/C=C\CCCCCC(=O)OCC(COC(=O)CCCCCCC/C=C\C/C=C\CCCCCC)OC(=O)CCCCCCCCCCCCCCCCCCCCC. The van der Waals surface area contributed by atoms with E-state index in [0.717, 1.165) is 122 Å². The number of carbonyl (C=O) groups excluding carboxylic acids is 3. The zero-order valence-electron chi connectivity index (χ0n) is 47.4. The van der Waals surface area contributed by atoms with Gasteiger partial charge >= 0.3 is 17.9 Å². The normalized spacial score (nSPS) is 12.7. The Balaban J connectivity index is 4.44. The lowest BCUT2D eigenvalue weighted by Crippen LogP contribution is -2.30. The van der Waals surface area contributed by atoms with Crippen LogP contribution >= 0.6 is 0 Å². The van der Waals surface area contributed by atoms with Crippen LogP contribution in [0, 0.1) is 0 Å². The molecule has 0 saturated heterocycles. The van der Waals surface area contributed by atoms with Crippen LogP contribution in [0.4, 0.5) is 0 Å². The summed E-state index contributed by atoms with van der Waals surface area (Å²) in [4.78, 5) is 38.3. The molecular formula is C66H114O6. The minimum Gasteiger partial charge on any atom is -0.462 e. The maximum atomic E-state index is 12.9. The first-order valence-corrected chi connectivity index (χ1v) is 30.6. The number of rotatable bonds is 55. The molecule has 0 aliphatic heterocycles. The van der Waals surface area contributed by atoms with Crippen LogP contribution in [-0.2, 0) is 28.6 Å². The second-order valence-electron chi connectivity index (χ2n) is 20.2. The maximum absolute atomic E-state index is 12.9. The lowest BCUT2D eigenvalue weighted by Gasteiger charge is -2.18. The summed E-state index contributed by atoms with van der Waals surface area (Å²) in [5.74, 6) is -0.926. The zero-order valence-corrected chi connectivity index (χ0v) is 47.4. The standard InChI is InChI=1S/C66H114O6/c1-4-7-10-13-16-19-22-25-28-31-33-35-38-41-44-47-50-53-56-59-65(68)71-62-63(61-70-64(67)58-55-52-49-46-43-40-37-30-27-24-21-18-15-12-9-6-3)72-66(69)60-57-54-51-48-45-42-39-36-34-32-29-26-23-20-17-14-11-8-5-2/h7,10,16,19,21,24-25,28,30,33,35,37,41,44,63H,4-6,8-9,11-15,17-18,20,22-23,26-27,29,31-32,34,36,38-40,42-43,45-62H2,1-3H3/b10-7-,19-16-,24-21-,28-25-,35-33-,37-30-,44-41-. The molecule has 1 unspecified atom stereocenters. The zero-order chi connectivity index (χ0) is 52.2. The summed E-state index contributed by atoms with van der Waals surface area (Å²) in [6, 6.07) is 0. The first kappa shape index (κ1) is 68.6. The molecule has 0 radical (unpaired) electrons. The molecule has 0 heterocycles. The fraction of sp³-hybridized carbons (Fsp3) is 0.742. The largest absolute Gasteiger partial charge is 0.462 e. The Kier molecular flexibility index (Phi) is 57.3. The molecule has 0 aliphatic rings. The van der Waals surface area contributed by atoms with Gasteiger partial charge in [0.1, 0.15) is 13.2 Å². The van der Waals surface area contributed by atoms with Gasteiger partial charge in [-0.3, -0.25) is 14.4 Å². The monoisotopic (exact) mass is 1000 g/mol. The summed E-state index contributed by atoms with van der Waals surface area (Å²) >= 11 is 0. The van der Waals surface area contributed by atoms with Gasteiger partial charge in [-0.25, -0.2) is 0 Å². The van der Waals surface area contributed by atoms with Crippen molar-refractivity contribution in [3.8, 4) is 0 Å². The molecule has 1 atom stereocenters. The van der Waals surface area contributed by atoms with Gasteiger partial charge in [0.05, 0.1) is 0 Å². The highest BCUT2D eigenvalue weighted by Crippen LogP contribution is 2.16. The van der Waals surface area contributed by atoms with E-state index >= 15 is 0 Å². The molecule has 0 aromatic rings. The highest BCUT2D eigenvalue weighted by molar-refractivity contribution is 5.71. The average molecular weight is 1000 g/mol. The number of unbranched alkanes of at least 4 members (excludes halogenated alkanes) is 30. The van der Waals surface area contributed by atoms with Crippen molar-refractivity contribution in [1.29, 1.82) is 0 Å². The number of hydrogen-bond acceptors (Lipinski definition) is 6. The molecule has 0 aromatic carbocycles. The third-order valence-electron chi connectivity index (χ3n) is 13.1. The summed E-state index contributed by atoms with van der Waals surface area (Å²) in [6.07, 6.45) is 78.6. The van der Waals surface area contributed by atoms with Gasteiger partial charge in [-0.1, -0.05) is 266 Å². The van der Waals surface area contributed by atoms with Crippen molar-refractivity contribution < 1.29 is 28.6 Å². The molecular weight excluding hydrogens is 889 g/mol. The minimum atomic E-state index is -0.796. The van der Waals surface area contributed by atoms with Gasteiger partial charge in [-0.15, -0.1) is 0 Å². The molecule has 0 spiro atoms. The summed E-state index contributed by atoms with van der Waals surface area (Å²) in [6.45, 7) is 6.50. The van der Waals surface area contributed by atoms with Gasteiger partial charge in [-0.2, -0.15) is 0 Å². The van der Waals surface area contributed by atoms with Crippen molar-refractivity contribution in [3.05, 3.63) is 85.1 Å². The molecule has 0 aromatic heterocycles. The van der Waals surface area contributed by atoms with Gasteiger partial charge in [0.25, 0.3) is 0 Å². The Morgan fingerprint density at radius 3 is 0.875 bits per heavy atom. The van der Waals surface area contributed by atoms with Gasteiger partial charge < -0.3 is 14.2 Å². The first-order chi connectivity index (χ1) is 35.5. The Labute approximate surface area is 445 Å². The summed E-state index contributed by atoms with van der Waals surface area (Å²) < 4.78 is 16.9. The Hall–Kier alpha value is -3.41. The molecule has 72 heavy (non-hydrogen) atoms. The molecule has 0 amide bonds. The Bertz CT molecular complexity index is 1380. The molecule has 0 N–H and O–H groups in total. The summed E-state index contributed by atoms with van der Waals surface area (Å²) in [5.41, 5.74) is 0. The lowest BCUT2D eigenvalue weighted by atomic mass is 10.0. The molecule has 0 aliphatic carbocycles. The molecule has 0 saturated carbocycles. The van der Waals surface area contributed by atoms with E-state index in [0.29, 0.717) is 19.3 Å². The van der Waals surface area contributed by atoms with E-state index in [2.05, 4.69) is 106 Å². The topological polar surface area (TPSA) is 78.9 Å². The first-order valence-electron chi connectivity index (χ1n) is 30.6. The Morgan fingerprint density at radius 2 is 0.542 bits per heavy atom. The average Bonchev–Trinajstić information content (AvgIpc) is 3.38. The summed E-state index contributed by atoms with van der Waals surface area (Å²) in [5, 5.41) is 0. The van der Waals surface area contributed by atoms with Gasteiger partial charge in [0.2, 0.25) is 0 Å². The summed E-state index contributed by atoms with van der Waals surface area (Å²) in [7, 11) is 0. The second kappa shape index (κ2) is 60.1. The van der Waals surface area contributed by atoms with Crippen LogP contribution in [0.1, 0.15) is 297 Å². The van der Waals surface area contributed by atoms with E-state index in [-0.39, 0.29) is 31.1 Å². The van der Waals surface area contributed by atoms with E-state index in [4.69, 9.17) is 14.2 Å². The quantitative estimate of drug-likeness (QED) is 0.0261. The van der Waals surface area contributed by atoms with Crippen molar-refractivity contribution in [1.82, 2.24) is 0 Å². The van der Waals surface area contributed by atoms with Crippen molar-refractivity contribution >= 4 is 17.9 Å². The van der Waals surface area contributed by atoms with E-state index < -0.39 is 6.10 Å². The lowest BCUT2D eigenvalue weighted by molar-refractivity contribution is -0.167. The van der Waals surface area contributed by atoms with E-state index in [1.165, 1.54) is 135 Å². The van der Waals surface area contributed by atoms with Crippen LogP contribution in [0.5, 0.6) is 0 Å². The van der Waals surface area contributed by atoms with Crippen molar-refractivity contribution in [2.45, 2.75) is 303 Å². The van der Waals surface area contributed by atoms with Crippen molar-refractivity contribution in [2.24, 2.45) is 0 Å². The van der Waals surface area contributed by atoms with Gasteiger partial charge in [0, 0.05) is 19.3 Å². The maximum Gasteiger partial charge on any atom is 0.306 e. The van der Waals surface area contributed by atoms with Gasteiger partial charge in [-0.05, 0) is 96.3 Å². The molecule has 6 nitrogen and oxygen atoms in total. The van der Waals surface area contributed by atoms with Crippen LogP contribution < -0.4 is 0 Å². The Morgan fingerprint density at radius 1 is 0.292 bits per heavy atom. The number of carbonyl (C=O) groups is 3. The molecule has 0 rings (SSSR count). The molecule has 6 heteroatoms. The number of esters is 3. The van der Waals surface area contributed by atoms with Crippen LogP contribution in [0.3, 0.4) is 0 Å². The number of ether oxygens (including phenoxy) is 3. The van der Waals surface area contributed by atoms with Crippen LogP contribution in [0.15, 0.2) is 85.1 Å². The van der Waals surface area contributed by atoms with Crippen molar-refractivity contribution in [3.63, 3.8) is 0 Å². The van der Waals surface area contributed by atoms with Crippen LogP contribution in [-0.4, -0.2) is 37.2 Å². The number of hydrogen-bond donors (Lipinski definition) is 0. The van der Waals surface area contributed by atoms with Gasteiger partial charge in [0.15, 0.2) is 6.10 Å². The molecule has 0 fully saturated rings. The van der Waals surface area contributed by atoms with Crippen LogP contribution in [0.2, 0.25) is 0 Å². The third kappa shape index (κ3) is 57.5. The third-order valence-corrected chi connectivity index (χ3v) is 13.1. The second-order valence-corrected chi connectivity index (χ2v) is 20.2. The predicted octanol–water partition coefficient (Wildman–Crippen LogP) is 20.7. The molecule has 414 valence electrons. The fourth-order valence-electron chi connectivity index (χ4n) is 8.56. The number of allylic oxidation sites excluding steroid dienone is 14. The van der Waals surface area contributed by atoms with E-state index in [1.807, 2.05) is 0 Å². The highest BCUT2D eigenvalue weighted by atomic mass is 16.6. The fourth-order valence-corrected chi connectivity index (χ4v) is 8.56. The van der Waals surface area contributed by atoms with Crippen LogP contribution in [0.25, 0.3) is 0 Å². The predicted molar refractivity (Wildman–Crippen MR) is 311 cm³/mol. The van der Waals surface area contributed by atoms with Crippen molar-refractivity contribution in [2.75, 3.05) is 13.2 Å².